The molecule has 1 unspecified atom stereocenters. The molecular weight excluding hydrogens is 375 g/mol. The summed E-state index contributed by atoms with van der Waals surface area (Å²) in [5, 5.41) is 4.99. The van der Waals surface area contributed by atoms with Crippen molar-refractivity contribution in [3.05, 3.63) is 59.7 Å². The second-order valence-electron chi connectivity index (χ2n) is 6.59. The maximum atomic E-state index is 13.0. The Labute approximate surface area is 157 Å². The molecule has 6 nitrogen and oxygen atoms in total. The van der Waals surface area contributed by atoms with Gasteiger partial charge in [0.25, 0.3) is 11.8 Å². The maximum Gasteiger partial charge on any atom is 0.416 e. The van der Waals surface area contributed by atoms with E-state index in [2.05, 4.69) is 10.6 Å². The Hall–Kier alpha value is -3.36. The first-order valence-corrected chi connectivity index (χ1v) is 8.46. The van der Waals surface area contributed by atoms with Gasteiger partial charge in [-0.25, -0.2) is 0 Å². The van der Waals surface area contributed by atoms with Crippen molar-refractivity contribution in [3.63, 3.8) is 0 Å². The number of para-hydroxylation sites is 1. The Bertz CT molecular complexity index is 1010. The minimum atomic E-state index is -4.56. The fourth-order valence-electron chi connectivity index (χ4n) is 3.58. The van der Waals surface area contributed by atoms with Gasteiger partial charge in [0.15, 0.2) is 0 Å². The predicted octanol–water partition coefficient (Wildman–Crippen LogP) is 2.91. The van der Waals surface area contributed by atoms with Gasteiger partial charge in [-0.05, 0) is 30.3 Å². The van der Waals surface area contributed by atoms with Gasteiger partial charge < -0.3 is 10.6 Å². The van der Waals surface area contributed by atoms with Crippen LogP contribution in [0.2, 0.25) is 0 Å². The summed E-state index contributed by atoms with van der Waals surface area (Å²) in [5.41, 5.74) is -2.13. The average Bonchev–Trinajstić information content (AvgIpc) is 2.99. The lowest BCUT2D eigenvalue weighted by molar-refractivity contribution is -0.137. The molecule has 2 aliphatic heterocycles. The van der Waals surface area contributed by atoms with Gasteiger partial charge in [-0.3, -0.25) is 19.3 Å². The van der Waals surface area contributed by atoms with E-state index in [-0.39, 0.29) is 30.0 Å². The van der Waals surface area contributed by atoms with Crippen molar-refractivity contribution in [2.75, 3.05) is 10.2 Å². The van der Waals surface area contributed by atoms with Gasteiger partial charge in [-0.1, -0.05) is 18.2 Å². The molecule has 0 saturated carbocycles. The standard InChI is InChI=1S/C19H14F3N3O3/c20-19(21,22)11-4-3-5-12(10-11)23-17(28)18-9-8-15(26)25(18)14-7-2-1-6-13(14)16(27)24-18/h1-7,10H,8-9H2,(H,23,28)(H,24,27). The average molecular weight is 389 g/mol. The normalized spacial score (nSPS) is 21.0. The number of fused-ring (bicyclic) bond motifs is 3. The van der Waals surface area contributed by atoms with E-state index < -0.39 is 29.2 Å². The van der Waals surface area contributed by atoms with Crippen molar-refractivity contribution in [3.8, 4) is 0 Å². The topological polar surface area (TPSA) is 78.5 Å². The van der Waals surface area contributed by atoms with E-state index >= 15 is 0 Å². The van der Waals surface area contributed by atoms with Crippen LogP contribution in [0.25, 0.3) is 0 Å². The van der Waals surface area contributed by atoms with E-state index in [1.807, 2.05) is 0 Å². The highest BCUT2D eigenvalue weighted by Crippen LogP contribution is 2.40. The number of halogens is 3. The van der Waals surface area contributed by atoms with Crippen molar-refractivity contribution in [1.82, 2.24) is 5.32 Å². The molecule has 4 rings (SSSR count). The van der Waals surface area contributed by atoms with Crippen molar-refractivity contribution < 1.29 is 27.6 Å². The van der Waals surface area contributed by atoms with Crippen LogP contribution in [0.15, 0.2) is 48.5 Å². The molecule has 0 spiro atoms. The van der Waals surface area contributed by atoms with Crippen LogP contribution < -0.4 is 15.5 Å². The summed E-state index contributed by atoms with van der Waals surface area (Å²) in [7, 11) is 0. The molecule has 0 aromatic heterocycles. The molecule has 2 aromatic carbocycles. The van der Waals surface area contributed by atoms with Crippen LogP contribution in [0.1, 0.15) is 28.8 Å². The zero-order valence-electron chi connectivity index (χ0n) is 14.3. The van der Waals surface area contributed by atoms with Gasteiger partial charge in [0.1, 0.15) is 0 Å². The van der Waals surface area contributed by atoms with Crippen LogP contribution in [0, 0.1) is 0 Å². The highest BCUT2D eigenvalue weighted by atomic mass is 19.4. The highest BCUT2D eigenvalue weighted by Gasteiger charge is 2.56. The van der Waals surface area contributed by atoms with E-state index in [0.717, 1.165) is 12.1 Å². The third-order valence-electron chi connectivity index (χ3n) is 4.87. The monoisotopic (exact) mass is 389 g/mol. The molecule has 2 heterocycles. The van der Waals surface area contributed by atoms with Crippen LogP contribution in [-0.2, 0) is 15.8 Å². The summed E-state index contributed by atoms with van der Waals surface area (Å²) >= 11 is 0. The van der Waals surface area contributed by atoms with Gasteiger partial charge in [-0.2, -0.15) is 13.2 Å². The number of nitrogens with zero attached hydrogens (tertiary/aromatic N) is 1. The molecule has 1 fully saturated rings. The van der Waals surface area contributed by atoms with Gasteiger partial charge in [0, 0.05) is 18.5 Å². The number of carbonyl (C=O) groups is 3. The van der Waals surface area contributed by atoms with E-state index in [1.54, 1.807) is 18.2 Å². The first kappa shape index (κ1) is 18.0. The lowest BCUT2D eigenvalue weighted by Crippen LogP contribution is -2.68. The maximum absolute atomic E-state index is 13.0. The number of anilines is 2. The molecule has 2 aliphatic rings. The molecule has 9 heteroatoms. The Kier molecular flexibility index (Phi) is 3.91. The summed E-state index contributed by atoms with van der Waals surface area (Å²) in [5.74, 6) is -1.66. The lowest BCUT2D eigenvalue weighted by Gasteiger charge is -2.41. The molecule has 0 bridgehead atoms. The number of hydrogen-bond donors (Lipinski definition) is 2. The first-order valence-electron chi connectivity index (χ1n) is 8.46. The van der Waals surface area contributed by atoms with Gasteiger partial charge in [0.05, 0.1) is 16.8 Å². The molecule has 2 N–H and O–H groups in total. The second kappa shape index (κ2) is 6.08. The third-order valence-corrected chi connectivity index (χ3v) is 4.87. The number of hydrogen-bond acceptors (Lipinski definition) is 3. The predicted molar refractivity (Wildman–Crippen MR) is 93.4 cm³/mol. The van der Waals surface area contributed by atoms with Gasteiger partial charge in [-0.15, -0.1) is 0 Å². The van der Waals surface area contributed by atoms with Crippen LogP contribution in [-0.4, -0.2) is 23.4 Å². The molecule has 2 aromatic rings. The van der Waals surface area contributed by atoms with E-state index in [9.17, 15) is 27.6 Å². The number of nitrogens with one attached hydrogen (secondary N) is 2. The number of benzene rings is 2. The van der Waals surface area contributed by atoms with E-state index in [1.165, 1.54) is 23.1 Å². The molecule has 0 aliphatic carbocycles. The molecule has 144 valence electrons. The van der Waals surface area contributed by atoms with E-state index in [4.69, 9.17) is 0 Å². The number of rotatable bonds is 2. The number of amides is 3. The SMILES string of the molecule is O=C1NC2(C(=O)Nc3cccc(C(F)(F)F)c3)CCC(=O)N2c2ccccc21. The smallest absolute Gasteiger partial charge is 0.322 e. The zero-order chi connectivity index (χ0) is 20.1. The number of carbonyl (C=O) groups excluding carboxylic acids is 3. The summed E-state index contributed by atoms with van der Waals surface area (Å²) in [6.07, 6.45) is -4.53. The fraction of sp³-hybridized carbons (Fsp3) is 0.211. The zero-order valence-corrected chi connectivity index (χ0v) is 14.3. The van der Waals surface area contributed by atoms with Gasteiger partial charge in [0.2, 0.25) is 11.6 Å². The number of alkyl halides is 3. The molecule has 28 heavy (non-hydrogen) atoms. The van der Waals surface area contributed by atoms with E-state index in [0.29, 0.717) is 5.69 Å². The minimum absolute atomic E-state index is 0.0106. The van der Waals surface area contributed by atoms with Crippen molar-refractivity contribution in [1.29, 1.82) is 0 Å². The molecule has 1 atom stereocenters. The van der Waals surface area contributed by atoms with Crippen molar-refractivity contribution in [2.24, 2.45) is 0 Å². The molecule has 0 radical (unpaired) electrons. The van der Waals surface area contributed by atoms with Crippen LogP contribution in [0.5, 0.6) is 0 Å². The quantitative estimate of drug-likeness (QED) is 0.829. The molecular formula is C19H14F3N3O3. The Morgan fingerprint density at radius 1 is 1.11 bits per heavy atom. The second-order valence-corrected chi connectivity index (χ2v) is 6.59. The van der Waals surface area contributed by atoms with Crippen molar-refractivity contribution in [2.45, 2.75) is 24.7 Å². The molecule has 1 saturated heterocycles. The largest absolute Gasteiger partial charge is 0.416 e. The summed E-state index contributed by atoms with van der Waals surface area (Å²) in [6, 6.07) is 10.5. The van der Waals surface area contributed by atoms with Gasteiger partial charge >= 0.3 is 6.18 Å². The Balaban J connectivity index is 1.71. The first-order chi connectivity index (χ1) is 13.2. The van der Waals surface area contributed by atoms with Crippen LogP contribution >= 0.6 is 0 Å². The Morgan fingerprint density at radius 3 is 2.61 bits per heavy atom. The fourth-order valence-corrected chi connectivity index (χ4v) is 3.58. The van der Waals surface area contributed by atoms with Crippen LogP contribution in [0.3, 0.4) is 0 Å². The minimum Gasteiger partial charge on any atom is -0.322 e. The summed E-state index contributed by atoms with van der Waals surface area (Å²) < 4.78 is 38.8. The van der Waals surface area contributed by atoms with Crippen LogP contribution in [0.4, 0.5) is 24.5 Å². The summed E-state index contributed by atoms with van der Waals surface area (Å²) in [4.78, 5) is 39.2. The lowest BCUT2D eigenvalue weighted by atomic mass is 9.98. The third kappa shape index (κ3) is 2.70. The van der Waals surface area contributed by atoms with Crippen molar-refractivity contribution >= 4 is 29.1 Å². The summed E-state index contributed by atoms with van der Waals surface area (Å²) in [6.45, 7) is 0. The Morgan fingerprint density at radius 2 is 1.86 bits per heavy atom. The molecule has 3 amide bonds. The highest BCUT2D eigenvalue weighted by molar-refractivity contribution is 6.18.